The number of hydrogen-bond acceptors (Lipinski definition) is 5. The number of aryl methyl sites for hydroxylation is 2. The highest BCUT2D eigenvalue weighted by molar-refractivity contribution is 7.99. The summed E-state index contributed by atoms with van der Waals surface area (Å²) in [7, 11) is 0. The Labute approximate surface area is 103 Å². The fourth-order valence-electron chi connectivity index (χ4n) is 1.29. The molecule has 2 aromatic heterocycles. The van der Waals surface area contributed by atoms with E-state index in [0.717, 1.165) is 22.9 Å². The zero-order chi connectivity index (χ0) is 11.4. The van der Waals surface area contributed by atoms with E-state index >= 15 is 0 Å². The SMILES string of the molecule is Cc1ncsc1CCSc1ccc(N)cn1. The van der Waals surface area contributed by atoms with E-state index < -0.39 is 0 Å². The molecule has 16 heavy (non-hydrogen) atoms. The average Bonchev–Trinajstić information content (AvgIpc) is 2.68. The Morgan fingerprint density at radius 2 is 2.25 bits per heavy atom. The Morgan fingerprint density at radius 3 is 2.88 bits per heavy atom. The van der Waals surface area contributed by atoms with E-state index in [1.807, 2.05) is 17.6 Å². The summed E-state index contributed by atoms with van der Waals surface area (Å²) in [6.45, 7) is 2.05. The van der Waals surface area contributed by atoms with E-state index in [1.165, 1.54) is 4.88 Å². The van der Waals surface area contributed by atoms with Crippen LogP contribution < -0.4 is 5.73 Å². The third-order valence-electron chi connectivity index (χ3n) is 2.18. The van der Waals surface area contributed by atoms with Crippen LogP contribution in [0.2, 0.25) is 0 Å². The number of hydrogen-bond donors (Lipinski definition) is 1. The molecule has 0 spiro atoms. The summed E-state index contributed by atoms with van der Waals surface area (Å²) < 4.78 is 0. The summed E-state index contributed by atoms with van der Waals surface area (Å²) in [4.78, 5) is 9.84. The van der Waals surface area contributed by atoms with Gasteiger partial charge in [-0.25, -0.2) is 9.97 Å². The van der Waals surface area contributed by atoms with Gasteiger partial charge < -0.3 is 5.73 Å². The van der Waals surface area contributed by atoms with Crippen LogP contribution in [0.15, 0.2) is 28.9 Å². The fraction of sp³-hybridized carbons (Fsp3) is 0.273. The van der Waals surface area contributed by atoms with Crippen molar-refractivity contribution in [2.24, 2.45) is 0 Å². The van der Waals surface area contributed by atoms with Crippen LogP contribution in [-0.4, -0.2) is 15.7 Å². The maximum atomic E-state index is 5.57. The van der Waals surface area contributed by atoms with E-state index in [0.29, 0.717) is 5.69 Å². The molecule has 0 atom stereocenters. The lowest BCUT2D eigenvalue weighted by Gasteiger charge is -2.00. The van der Waals surface area contributed by atoms with Crippen molar-refractivity contribution in [3.8, 4) is 0 Å². The van der Waals surface area contributed by atoms with Gasteiger partial charge in [-0.2, -0.15) is 0 Å². The summed E-state index contributed by atoms with van der Waals surface area (Å²) in [5.74, 6) is 1.03. The molecular formula is C11H13N3S2. The molecule has 0 unspecified atom stereocenters. The number of nitrogens with two attached hydrogens (primary N) is 1. The molecule has 0 fully saturated rings. The van der Waals surface area contributed by atoms with E-state index in [4.69, 9.17) is 5.73 Å². The first-order valence-corrected chi connectivity index (χ1v) is 6.85. The first-order valence-electron chi connectivity index (χ1n) is 4.99. The largest absolute Gasteiger partial charge is 0.397 e. The van der Waals surface area contributed by atoms with E-state index in [9.17, 15) is 0 Å². The number of pyridine rings is 1. The van der Waals surface area contributed by atoms with E-state index in [1.54, 1.807) is 29.3 Å². The van der Waals surface area contributed by atoms with Crippen LogP contribution in [0.1, 0.15) is 10.6 Å². The van der Waals surface area contributed by atoms with Crippen molar-refractivity contribution in [3.05, 3.63) is 34.4 Å². The number of rotatable bonds is 4. The van der Waals surface area contributed by atoms with Crippen LogP contribution in [0.5, 0.6) is 0 Å². The lowest BCUT2D eigenvalue weighted by molar-refractivity contribution is 1.10. The lowest BCUT2D eigenvalue weighted by atomic mass is 10.3. The molecular weight excluding hydrogens is 238 g/mol. The van der Waals surface area contributed by atoms with Gasteiger partial charge in [0.2, 0.25) is 0 Å². The van der Waals surface area contributed by atoms with Gasteiger partial charge in [0.1, 0.15) is 0 Å². The van der Waals surface area contributed by atoms with Crippen molar-refractivity contribution in [1.29, 1.82) is 0 Å². The number of thiazole rings is 1. The maximum absolute atomic E-state index is 5.57. The minimum Gasteiger partial charge on any atom is -0.397 e. The summed E-state index contributed by atoms with van der Waals surface area (Å²) in [6.07, 6.45) is 2.74. The number of aromatic nitrogens is 2. The molecule has 0 aromatic carbocycles. The van der Waals surface area contributed by atoms with Crippen LogP contribution >= 0.6 is 23.1 Å². The molecule has 0 saturated heterocycles. The fourth-order valence-corrected chi connectivity index (χ4v) is 3.01. The number of thioether (sulfide) groups is 1. The van der Waals surface area contributed by atoms with Crippen LogP contribution in [0.4, 0.5) is 5.69 Å². The maximum Gasteiger partial charge on any atom is 0.0961 e. The smallest absolute Gasteiger partial charge is 0.0961 e. The summed E-state index contributed by atoms with van der Waals surface area (Å²) >= 11 is 3.47. The molecule has 2 rings (SSSR count). The highest BCUT2D eigenvalue weighted by Gasteiger charge is 2.02. The molecule has 84 valence electrons. The predicted octanol–water partition coefficient (Wildman–Crippen LogP) is 2.76. The van der Waals surface area contributed by atoms with Gasteiger partial charge in [-0.05, 0) is 25.5 Å². The molecule has 0 bridgehead atoms. The minimum atomic E-state index is 0.711. The molecule has 0 radical (unpaired) electrons. The van der Waals surface area contributed by atoms with Crippen molar-refractivity contribution in [1.82, 2.24) is 9.97 Å². The Bertz CT molecular complexity index is 451. The third-order valence-corrected chi connectivity index (χ3v) is 4.12. The van der Waals surface area contributed by atoms with Crippen LogP contribution in [0.25, 0.3) is 0 Å². The van der Waals surface area contributed by atoms with Gasteiger partial charge in [0.05, 0.1) is 28.1 Å². The van der Waals surface area contributed by atoms with E-state index in [-0.39, 0.29) is 0 Å². The van der Waals surface area contributed by atoms with Crippen molar-refractivity contribution in [2.75, 3.05) is 11.5 Å². The van der Waals surface area contributed by atoms with Gasteiger partial charge in [0.25, 0.3) is 0 Å². The van der Waals surface area contributed by atoms with Gasteiger partial charge in [-0.3, -0.25) is 0 Å². The molecule has 0 aliphatic rings. The molecule has 0 aliphatic heterocycles. The van der Waals surface area contributed by atoms with Crippen molar-refractivity contribution in [2.45, 2.75) is 18.4 Å². The van der Waals surface area contributed by atoms with Crippen LogP contribution in [0, 0.1) is 6.92 Å². The Morgan fingerprint density at radius 1 is 1.38 bits per heavy atom. The Hall–Kier alpha value is -1.07. The average molecular weight is 251 g/mol. The minimum absolute atomic E-state index is 0.711. The van der Waals surface area contributed by atoms with E-state index in [2.05, 4.69) is 16.9 Å². The monoisotopic (exact) mass is 251 g/mol. The first-order chi connectivity index (χ1) is 7.75. The predicted molar refractivity (Wildman–Crippen MR) is 69.9 cm³/mol. The topological polar surface area (TPSA) is 51.8 Å². The second-order valence-electron chi connectivity index (χ2n) is 3.39. The van der Waals surface area contributed by atoms with Crippen LogP contribution in [0.3, 0.4) is 0 Å². The second-order valence-corrected chi connectivity index (χ2v) is 5.44. The molecule has 2 heterocycles. The van der Waals surface area contributed by atoms with Crippen molar-refractivity contribution in [3.63, 3.8) is 0 Å². The molecule has 2 aromatic rings. The highest BCUT2D eigenvalue weighted by Crippen LogP contribution is 2.20. The summed E-state index contributed by atoms with van der Waals surface area (Å²) in [5, 5.41) is 1.02. The molecule has 5 heteroatoms. The first kappa shape index (κ1) is 11.4. The van der Waals surface area contributed by atoms with Crippen molar-refractivity contribution < 1.29 is 0 Å². The Balaban J connectivity index is 1.84. The molecule has 0 aliphatic carbocycles. The third kappa shape index (κ3) is 2.96. The summed E-state index contributed by atoms with van der Waals surface area (Å²) in [5.41, 5.74) is 9.33. The summed E-state index contributed by atoms with van der Waals surface area (Å²) in [6, 6.07) is 3.84. The normalized spacial score (nSPS) is 10.6. The van der Waals surface area contributed by atoms with Crippen molar-refractivity contribution >= 4 is 28.8 Å². The zero-order valence-corrected chi connectivity index (χ0v) is 10.6. The quantitative estimate of drug-likeness (QED) is 0.849. The number of nitrogen functional groups attached to an aromatic ring is 1. The zero-order valence-electron chi connectivity index (χ0n) is 9.01. The Kier molecular flexibility index (Phi) is 3.79. The van der Waals surface area contributed by atoms with Gasteiger partial charge in [0.15, 0.2) is 0 Å². The standard InChI is InChI=1S/C11H13N3S2/c1-8-10(16-7-14-8)4-5-15-11-3-2-9(12)6-13-11/h2-3,6-7H,4-5,12H2,1H3. The molecule has 2 N–H and O–H groups in total. The number of nitrogens with zero attached hydrogens (tertiary/aromatic N) is 2. The molecule has 0 saturated carbocycles. The highest BCUT2D eigenvalue weighted by atomic mass is 32.2. The lowest BCUT2D eigenvalue weighted by Crippen LogP contribution is -1.90. The molecule has 3 nitrogen and oxygen atoms in total. The van der Waals surface area contributed by atoms with Gasteiger partial charge in [-0.15, -0.1) is 23.1 Å². The second kappa shape index (κ2) is 5.32. The van der Waals surface area contributed by atoms with Gasteiger partial charge in [-0.1, -0.05) is 0 Å². The number of anilines is 1. The van der Waals surface area contributed by atoms with Gasteiger partial charge >= 0.3 is 0 Å². The molecule has 0 amide bonds. The van der Waals surface area contributed by atoms with Gasteiger partial charge in [0, 0.05) is 10.6 Å². The van der Waals surface area contributed by atoms with Crippen LogP contribution in [-0.2, 0) is 6.42 Å².